The minimum atomic E-state index is -4.64. The minimum Gasteiger partial charge on any atom is -0.480 e. The zero-order valence-electron chi connectivity index (χ0n) is 22.7. The Morgan fingerprint density at radius 3 is 2.28 bits per heavy atom. The SMILES string of the molecule is C/C(=C/C=C(\C)F)C(N)C(=O)O.CC.Cc1nc(C2=CCCCC2)cc(=O)[nH]cc(Cl)cc1C(N)C(F)(F)F. The van der Waals surface area contributed by atoms with Crippen LogP contribution in [0, 0.1) is 6.92 Å². The maximum Gasteiger partial charge on any atom is 0.407 e. The average Bonchev–Trinajstić information content (AvgIpc) is 2.88. The maximum absolute atomic E-state index is 13.1. The monoisotopic (exact) mass is 576 g/mol. The summed E-state index contributed by atoms with van der Waals surface area (Å²) in [4.78, 5) is 29.0. The van der Waals surface area contributed by atoms with Gasteiger partial charge in [-0.25, -0.2) is 4.39 Å². The Morgan fingerprint density at radius 1 is 1.18 bits per heavy atom. The van der Waals surface area contributed by atoms with Gasteiger partial charge in [-0.2, -0.15) is 13.2 Å². The lowest BCUT2D eigenvalue weighted by molar-refractivity contribution is -0.149. The van der Waals surface area contributed by atoms with Crippen molar-refractivity contribution in [2.45, 2.75) is 78.6 Å². The second-order valence-electron chi connectivity index (χ2n) is 8.34. The van der Waals surface area contributed by atoms with Crippen LogP contribution in [-0.4, -0.2) is 33.3 Å². The molecule has 1 aromatic rings. The molecular formula is C27H37ClF4N4O3. The Morgan fingerprint density at radius 2 is 1.79 bits per heavy atom. The van der Waals surface area contributed by atoms with Gasteiger partial charge in [0, 0.05) is 23.5 Å². The number of allylic oxidation sites excluding steroid dienone is 5. The molecule has 0 saturated carbocycles. The first-order valence-electron chi connectivity index (χ1n) is 12.3. The van der Waals surface area contributed by atoms with Crippen molar-refractivity contribution < 1.29 is 27.5 Å². The van der Waals surface area contributed by atoms with E-state index in [2.05, 4.69) is 9.97 Å². The van der Waals surface area contributed by atoms with Crippen LogP contribution in [0.5, 0.6) is 0 Å². The molecule has 0 bridgehead atoms. The van der Waals surface area contributed by atoms with Crippen LogP contribution in [-0.2, 0) is 4.79 Å². The number of hydrogen-bond acceptors (Lipinski definition) is 5. The molecule has 0 saturated heterocycles. The predicted molar refractivity (Wildman–Crippen MR) is 147 cm³/mol. The molecule has 0 radical (unpaired) electrons. The van der Waals surface area contributed by atoms with Gasteiger partial charge in [0.05, 0.1) is 16.5 Å². The number of aryl methyl sites for hydroxylation is 1. The molecule has 1 aliphatic carbocycles. The topological polar surface area (TPSA) is 135 Å². The lowest BCUT2D eigenvalue weighted by Gasteiger charge is -2.17. The van der Waals surface area contributed by atoms with Crippen molar-refractivity contribution in [2.75, 3.05) is 0 Å². The standard InChI is InChI=1S/C17H19ClF3N3O.C8H12FNO2.C2H6/c1-10-13(16(22)17(19,20)21)7-12(18)9-23-15(25)8-14(24-10)11-5-3-2-4-6-11;1-5(3-4-6(2)9)7(10)8(11)12;1-2/h5,7-9,16H,2-4,6,22H2,1H3,(H,23,25);3-4,7H,10H2,1-2H3,(H,11,12);1-2H3/b;5-3-,6-4+;. The van der Waals surface area contributed by atoms with Crippen LogP contribution in [0.2, 0.25) is 5.02 Å². The fourth-order valence-corrected chi connectivity index (χ4v) is 3.32. The van der Waals surface area contributed by atoms with Gasteiger partial charge in [-0.05, 0) is 69.7 Å². The summed E-state index contributed by atoms with van der Waals surface area (Å²) in [5.41, 5.74) is 11.6. The number of alkyl halides is 3. The van der Waals surface area contributed by atoms with E-state index in [0.29, 0.717) is 11.3 Å². The minimum absolute atomic E-state index is 0.0730. The number of hydrogen-bond donors (Lipinski definition) is 4. The van der Waals surface area contributed by atoms with Gasteiger partial charge in [-0.3, -0.25) is 14.6 Å². The van der Waals surface area contributed by atoms with Crippen molar-refractivity contribution >= 4 is 23.1 Å². The molecule has 218 valence electrons. The number of nitrogens with zero attached hydrogens (tertiary/aromatic N) is 1. The van der Waals surface area contributed by atoms with E-state index in [-0.39, 0.29) is 22.1 Å². The maximum atomic E-state index is 13.1. The fraction of sp³-hybridized carbons (Fsp3) is 0.444. The number of nitrogens with two attached hydrogens (primary N) is 2. The highest BCUT2D eigenvalue weighted by atomic mass is 35.5. The molecule has 1 aliphatic rings. The molecular weight excluding hydrogens is 540 g/mol. The van der Waals surface area contributed by atoms with E-state index in [1.54, 1.807) is 0 Å². The van der Waals surface area contributed by atoms with Crippen molar-refractivity contribution in [3.8, 4) is 0 Å². The number of H-pyrrole nitrogens is 1. The molecule has 0 amide bonds. The van der Waals surface area contributed by atoms with E-state index in [9.17, 15) is 27.2 Å². The van der Waals surface area contributed by atoms with E-state index in [1.165, 1.54) is 39.0 Å². The smallest absolute Gasteiger partial charge is 0.407 e. The van der Waals surface area contributed by atoms with Crippen LogP contribution in [0.4, 0.5) is 17.6 Å². The number of nitrogens with one attached hydrogen (secondary N) is 1. The van der Waals surface area contributed by atoms with Gasteiger partial charge in [-0.1, -0.05) is 37.6 Å². The molecule has 0 aliphatic heterocycles. The van der Waals surface area contributed by atoms with Crippen LogP contribution in [0.25, 0.3) is 5.57 Å². The Bertz CT molecular complexity index is 1170. The van der Waals surface area contributed by atoms with Crippen LogP contribution in [0.3, 0.4) is 0 Å². The average molecular weight is 577 g/mol. The highest BCUT2D eigenvalue weighted by Gasteiger charge is 2.38. The van der Waals surface area contributed by atoms with Crippen LogP contribution in [0.1, 0.15) is 76.4 Å². The summed E-state index contributed by atoms with van der Waals surface area (Å²) in [6.45, 7) is 8.24. The molecule has 6 N–H and O–H groups in total. The first-order valence-corrected chi connectivity index (χ1v) is 12.7. The van der Waals surface area contributed by atoms with E-state index in [4.69, 9.17) is 28.2 Å². The number of aromatic nitrogens is 2. The third-order valence-corrected chi connectivity index (χ3v) is 5.48. The zero-order chi connectivity index (χ0) is 30.3. The van der Waals surface area contributed by atoms with Gasteiger partial charge < -0.3 is 21.6 Å². The number of aliphatic carboxylic acids is 1. The van der Waals surface area contributed by atoms with E-state index >= 15 is 0 Å². The molecule has 2 unspecified atom stereocenters. The van der Waals surface area contributed by atoms with Crippen LogP contribution in [0.15, 0.2) is 52.8 Å². The summed E-state index contributed by atoms with van der Waals surface area (Å²) in [6.07, 6.45) is 4.53. The summed E-state index contributed by atoms with van der Waals surface area (Å²) < 4.78 is 51.4. The third kappa shape index (κ3) is 13.6. The Kier molecular flexibility index (Phi) is 16.2. The molecule has 39 heavy (non-hydrogen) atoms. The first kappa shape index (κ1) is 36.0. The molecule has 2 atom stereocenters. The van der Waals surface area contributed by atoms with Gasteiger partial charge in [0.1, 0.15) is 12.1 Å². The summed E-state index contributed by atoms with van der Waals surface area (Å²) in [7, 11) is 0. The number of carboxylic acid groups (broad SMARTS) is 1. The largest absolute Gasteiger partial charge is 0.480 e. The molecule has 0 spiro atoms. The number of carbonyl (C=O) groups is 1. The van der Waals surface area contributed by atoms with Crippen molar-refractivity contribution in [1.29, 1.82) is 0 Å². The number of aromatic amines is 1. The highest BCUT2D eigenvalue weighted by molar-refractivity contribution is 6.30. The van der Waals surface area contributed by atoms with Crippen molar-refractivity contribution in [1.82, 2.24) is 9.97 Å². The summed E-state index contributed by atoms with van der Waals surface area (Å²) in [6, 6.07) is -0.934. The second kappa shape index (κ2) is 17.5. The Hall–Kier alpha value is -3.02. The van der Waals surface area contributed by atoms with E-state index < -0.39 is 29.8 Å². The molecule has 0 aromatic carbocycles. The van der Waals surface area contributed by atoms with E-state index in [1.807, 2.05) is 19.9 Å². The Labute approximate surface area is 231 Å². The van der Waals surface area contributed by atoms with Gasteiger partial charge >= 0.3 is 12.1 Å². The van der Waals surface area contributed by atoms with Crippen molar-refractivity contribution in [3.05, 3.63) is 80.3 Å². The van der Waals surface area contributed by atoms with Crippen molar-refractivity contribution in [3.63, 3.8) is 0 Å². The first-order chi connectivity index (χ1) is 18.1. The predicted octanol–water partition coefficient (Wildman–Crippen LogP) is 6.62. The molecule has 0 fully saturated rings. The summed E-state index contributed by atoms with van der Waals surface area (Å²) in [5, 5.41) is 8.36. The zero-order valence-corrected chi connectivity index (χ0v) is 23.5. The molecule has 1 aromatic heterocycles. The number of rotatable bonds is 5. The number of carboxylic acids is 1. The third-order valence-electron chi connectivity index (χ3n) is 5.26. The summed E-state index contributed by atoms with van der Waals surface area (Å²) >= 11 is 5.88. The number of halogens is 5. The van der Waals surface area contributed by atoms with Crippen molar-refractivity contribution in [2.24, 2.45) is 11.5 Å². The van der Waals surface area contributed by atoms with Crippen LogP contribution >= 0.6 is 11.6 Å². The molecule has 12 heteroatoms. The van der Waals surface area contributed by atoms with Gasteiger partial charge in [-0.15, -0.1) is 0 Å². The molecule has 1 heterocycles. The molecule has 7 nitrogen and oxygen atoms in total. The summed E-state index contributed by atoms with van der Waals surface area (Å²) in [5.74, 6) is -1.50. The van der Waals surface area contributed by atoms with Gasteiger partial charge in [0.15, 0.2) is 0 Å². The normalized spacial score (nSPS) is 15.3. The lowest BCUT2D eigenvalue weighted by Crippen LogP contribution is -2.31. The highest BCUT2D eigenvalue weighted by Crippen LogP contribution is 2.32. The second-order valence-corrected chi connectivity index (χ2v) is 8.78. The van der Waals surface area contributed by atoms with E-state index in [0.717, 1.165) is 43.5 Å². The van der Waals surface area contributed by atoms with Gasteiger partial charge in [0.25, 0.3) is 0 Å². The fourth-order valence-electron chi connectivity index (χ4n) is 3.15. The van der Waals surface area contributed by atoms with Crippen LogP contribution < -0.4 is 17.0 Å². The Balaban J connectivity index is 0.000000871. The quantitative estimate of drug-likeness (QED) is 0.230. The van der Waals surface area contributed by atoms with Gasteiger partial charge in [0.2, 0.25) is 5.56 Å². The molecule has 2 rings (SSSR count). The lowest BCUT2D eigenvalue weighted by atomic mass is 9.97.